The van der Waals surface area contributed by atoms with E-state index in [1.165, 1.54) is 6.20 Å². The van der Waals surface area contributed by atoms with Crippen LogP contribution in [-0.2, 0) is 9.53 Å². The van der Waals surface area contributed by atoms with Gasteiger partial charge in [-0.2, -0.15) is 5.26 Å². The molecule has 0 bridgehead atoms. The zero-order chi connectivity index (χ0) is 18.4. The van der Waals surface area contributed by atoms with Gasteiger partial charge in [0.2, 0.25) is 5.91 Å². The predicted octanol–water partition coefficient (Wildman–Crippen LogP) is 1.50. The van der Waals surface area contributed by atoms with Gasteiger partial charge in [0.15, 0.2) is 5.16 Å². The molecule has 0 unspecified atom stereocenters. The van der Waals surface area contributed by atoms with Crippen LogP contribution < -0.4 is 16.0 Å². The second-order valence-electron chi connectivity index (χ2n) is 5.55. The summed E-state index contributed by atoms with van der Waals surface area (Å²) in [5.41, 5.74) is 7.70. The molecule has 1 amide bonds. The molecule has 1 aliphatic rings. The summed E-state index contributed by atoms with van der Waals surface area (Å²) < 4.78 is 5.35. The van der Waals surface area contributed by atoms with Gasteiger partial charge in [0, 0.05) is 24.5 Å². The van der Waals surface area contributed by atoms with Gasteiger partial charge < -0.3 is 20.7 Å². The molecular weight excluding hydrogens is 352 g/mol. The first-order valence-corrected chi connectivity index (χ1v) is 9.02. The van der Waals surface area contributed by atoms with E-state index < -0.39 is 0 Å². The number of hydrogen-bond acceptors (Lipinski definition) is 8. The summed E-state index contributed by atoms with van der Waals surface area (Å²) in [6.45, 7) is 3.21. The van der Waals surface area contributed by atoms with Crippen LogP contribution >= 0.6 is 11.8 Å². The number of nitrogens with one attached hydrogen (secondary N) is 1. The van der Waals surface area contributed by atoms with Crippen LogP contribution in [0.2, 0.25) is 0 Å². The Morgan fingerprint density at radius 2 is 2.08 bits per heavy atom. The van der Waals surface area contributed by atoms with Crippen molar-refractivity contribution in [3.05, 3.63) is 36.0 Å². The van der Waals surface area contributed by atoms with Gasteiger partial charge in [-0.05, 0) is 24.3 Å². The van der Waals surface area contributed by atoms with Crippen molar-refractivity contribution >= 4 is 34.9 Å². The first-order chi connectivity index (χ1) is 12.7. The summed E-state index contributed by atoms with van der Waals surface area (Å²) in [5.74, 6) is 0.0982. The fourth-order valence-corrected chi connectivity index (χ4v) is 3.06. The molecule has 0 atom stereocenters. The Kier molecular flexibility index (Phi) is 5.88. The Balaban J connectivity index is 1.51. The third-order valence-electron chi connectivity index (χ3n) is 3.78. The van der Waals surface area contributed by atoms with E-state index in [4.69, 9.17) is 15.7 Å². The number of nitrogen functional groups attached to an aromatic ring is 1. The number of hydrogen-bond donors (Lipinski definition) is 2. The molecule has 0 spiro atoms. The number of rotatable bonds is 5. The highest BCUT2D eigenvalue weighted by atomic mass is 32.2. The lowest BCUT2D eigenvalue weighted by Gasteiger charge is -2.28. The van der Waals surface area contributed by atoms with E-state index in [-0.39, 0.29) is 23.0 Å². The van der Waals surface area contributed by atoms with Crippen LogP contribution in [0.3, 0.4) is 0 Å². The minimum absolute atomic E-state index is 0.115. The highest BCUT2D eigenvalue weighted by molar-refractivity contribution is 7.99. The van der Waals surface area contributed by atoms with E-state index in [0.717, 1.165) is 49.4 Å². The molecule has 1 aromatic heterocycles. The fourth-order valence-electron chi connectivity index (χ4n) is 2.44. The summed E-state index contributed by atoms with van der Waals surface area (Å²) in [6, 6.07) is 9.63. The molecular formula is C17H18N6O2S. The van der Waals surface area contributed by atoms with E-state index in [0.29, 0.717) is 5.16 Å². The van der Waals surface area contributed by atoms with Gasteiger partial charge in [0.05, 0.1) is 25.2 Å². The van der Waals surface area contributed by atoms with E-state index in [1.807, 2.05) is 30.3 Å². The van der Waals surface area contributed by atoms with Crippen LogP contribution in [0.15, 0.2) is 35.6 Å². The molecule has 3 rings (SSSR count). The van der Waals surface area contributed by atoms with Gasteiger partial charge in [-0.15, -0.1) is 0 Å². The minimum atomic E-state index is -0.166. The standard InChI is InChI=1S/C17H18N6O2S/c18-9-12-10-20-17(22-16(12)19)26-11-15(24)21-13-1-3-14(4-2-13)23-5-7-25-8-6-23/h1-4,10H,5-8,11H2,(H,21,24)(H2,19,20,22). The Bertz CT molecular complexity index is 815. The van der Waals surface area contributed by atoms with Gasteiger partial charge in [-0.25, -0.2) is 9.97 Å². The molecule has 1 saturated heterocycles. The van der Waals surface area contributed by atoms with E-state index >= 15 is 0 Å². The molecule has 0 aliphatic carbocycles. The first kappa shape index (κ1) is 18.0. The Labute approximate surface area is 155 Å². The summed E-state index contributed by atoms with van der Waals surface area (Å²) in [4.78, 5) is 22.3. The average molecular weight is 370 g/mol. The van der Waals surface area contributed by atoms with Crippen molar-refractivity contribution in [1.82, 2.24) is 9.97 Å². The lowest BCUT2D eigenvalue weighted by atomic mass is 10.2. The number of nitriles is 1. The highest BCUT2D eigenvalue weighted by Crippen LogP contribution is 2.20. The van der Waals surface area contributed by atoms with Gasteiger partial charge in [-0.3, -0.25) is 4.79 Å². The third kappa shape index (κ3) is 4.62. The third-order valence-corrected chi connectivity index (χ3v) is 4.64. The molecule has 1 aliphatic heterocycles. The summed E-state index contributed by atoms with van der Waals surface area (Å²) >= 11 is 1.16. The molecule has 3 N–H and O–H groups in total. The van der Waals surface area contributed by atoms with Crippen LogP contribution in [0.1, 0.15) is 5.56 Å². The maximum atomic E-state index is 12.1. The molecule has 0 saturated carbocycles. The summed E-state index contributed by atoms with van der Waals surface area (Å²) in [6.07, 6.45) is 1.35. The molecule has 9 heteroatoms. The number of aromatic nitrogens is 2. The number of carbonyl (C=O) groups excluding carboxylic acids is 1. The number of carbonyl (C=O) groups is 1. The lowest BCUT2D eigenvalue weighted by Crippen LogP contribution is -2.36. The van der Waals surface area contributed by atoms with Gasteiger partial charge in [0.25, 0.3) is 0 Å². The van der Waals surface area contributed by atoms with Crippen LogP contribution in [0.25, 0.3) is 0 Å². The molecule has 8 nitrogen and oxygen atoms in total. The van der Waals surface area contributed by atoms with E-state index in [2.05, 4.69) is 20.2 Å². The van der Waals surface area contributed by atoms with E-state index in [9.17, 15) is 4.79 Å². The van der Waals surface area contributed by atoms with Crippen LogP contribution in [0.4, 0.5) is 17.2 Å². The van der Waals surface area contributed by atoms with Crippen molar-refractivity contribution < 1.29 is 9.53 Å². The molecule has 134 valence electrons. The molecule has 0 radical (unpaired) electrons. The monoisotopic (exact) mass is 370 g/mol. The van der Waals surface area contributed by atoms with Crippen LogP contribution in [-0.4, -0.2) is 47.9 Å². The van der Waals surface area contributed by atoms with Crippen molar-refractivity contribution in [3.8, 4) is 6.07 Å². The molecule has 26 heavy (non-hydrogen) atoms. The first-order valence-electron chi connectivity index (χ1n) is 8.04. The fraction of sp³-hybridized carbons (Fsp3) is 0.294. The largest absolute Gasteiger partial charge is 0.382 e. The minimum Gasteiger partial charge on any atom is -0.382 e. The van der Waals surface area contributed by atoms with Gasteiger partial charge in [-0.1, -0.05) is 11.8 Å². The number of nitrogens with two attached hydrogens (primary N) is 1. The van der Waals surface area contributed by atoms with Gasteiger partial charge >= 0.3 is 0 Å². The zero-order valence-electron chi connectivity index (χ0n) is 14.0. The Hall–Kier alpha value is -2.83. The normalized spacial score (nSPS) is 13.9. The lowest BCUT2D eigenvalue weighted by molar-refractivity contribution is -0.113. The van der Waals surface area contributed by atoms with E-state index in [1.54, 1.807) is 0 Å². The quantitative estimate of drug-likeness (QED) is 0.601. The second kappa shape index (κ2) is 8.51. The van der Waals surface area contributed by atoms with Crippen molar-refractivity contribution in [1.29, 1.82) is 5.26 Å². The molecule has 2 heterocycles. The highest BCUT2D eigenvalue weighted by Gasteiger charge is 2.12. The second-order valence-corrected chi connectivity index (χ2v) is 6.49. The van der Waals surface area contributed by atoms with Crippen LogP contribution in [0, 0.1) is 11.3 Å². The van der Waals surface area contributed by atoms with Crippen molar-refractivity contribution in [2.75, 3.05) is 48.0 Å². The smallest absolute Gasteiger partial charge is 0.234 e. The van der Waals surface area contributed by atoms with Crippen molar-refractivity contribution in [2.45, 2.75) is 5.16 Å². The summed E-state index contributed by atoms with van der Waals surface area (Å²) in [5, 5.41) is 12.0. The predicted molar refractivity (Wildman–Crippen MR) is 100.0 cm³/mol. The molecule has 1 fully saturated rings. The topological polar surface area (TPSA) is 117 Å². The number of nitrogens with zero attached hydrogens (tertiary/aromatic N) is 4. The van der Waals surface area contributed by atoms with Gasteiger partial charge in [0.1, 0.15) is 17.5 Å². The summed E-state index contributed by atoms with van der Waals surface area (Å²) in [7, 11) is 0. The average Bonchev–Trinajstić information content (AvgIpc) is 2.68. The number of thioether (sulfide) groups is 1. The Morgan fingerprint density at radius 3 is 2.73 bits per heavy atom. The van der Waals surface area contributed by atoms with Crippen LogP contribution in [0.5, 0.6) is 0 Å². The SMILES string of the molecule is N#Cc1cnc(SCC(=O)Nc2ccc(N3CCOCC3)cc2)nc1N. The number of benzene rings is 1. The number of morpholine rings is 1. The number of anilines is 3. The maximum absolute atomic E-state index is 12.1. The maximum Gasteiger partial charge on any atom is 0.234 e. The molecule has 1 aromatic carbocycles. The molecule has 2 aromatic rings. The number of amides is 1. The van der Waals surface area contributed by atoms with Crippen molar-refractivity contribution in [3.63, 3.8) is 0 Å². The number of ether oxygens (including phenoxy) is 1. The van der Waals surface area contributed by atoms with Crippen molar-refractivity contribution in [2.24, 2.45) is 0 Å². The Morgan fingerprint density at radius 1 is 1.35 bits per heavy atom. The zero-order valence-corrected chi connectivity index (χ0v) is 14.8.